The Bertz CT molecular complexity index is 770. The molecular formula is C11H7Cl2KN3O3+. The maximum absolute atomic E-state index is 11.4. The molecule has 0 amide bonds. The third-order valence-corrected chi connectivity index (χ3v) is 2.71. The maximum Gasteiger partial charge on any atom is 1.00 e. The quantitative estimate of drug-likeness (QED) is 0.475. The van der Waals surface area contributed by atoms with E-state index in [0.717, 1.165) is 6.20 Å². The largest absolute Gasteiger partial charge is 1.00 e. The van der Waals surface area contributed by atoms with Crippen molar-refractivity contribution in [2.75, 3.05) is 0 Å². The summed E-state index contributed by atoms with van der Waals surface area (Å²) in [5.41, 5.74) is -1.04. The van der Waals surface area contributed by atoms with Crippen LogP contribution < -0.4 is 62.6 Å². The van der Waals surface area contributed by atoms with Crippen LogP contribution in [0.1, 0.15) is 5.56 Å². The molecule has 3 N–H and O–H groups in total. The summed E-state index contributed by atoms with van der Waals surface area (Å²) in [7, 11) is 0. The Balaban J connectivity index is 0.00000200. The van der Waals surface area contributed by atoms with Crippen molar-refractivity contribution in [3.8, 4) is 5.75 Å². The number of hydrogen-bond acceptors (Lipinski definition) is 4. The Labute approximate surface area is 165 Å². The summed E-state index contributed by atoms with van der Waals surface area (Å²) in [4.78, 5) is 30.3. The number of hydrogen-bond donors (Lipinski definition) is 3. The summed E-state index contributed by atoms with van der Waals surface area (Å²) in [6, 6.07) is 2.81. The zero-order valence-electron chi connectivity index (χ0n) is 10.3. The van der Waals surface area contributed by atoms with Gasteiger partial charge in [-0.3, -0.25) is 9.78 Å². The molecule has 0 saturated carbocycles. The van der Waals surface area contributed by atoms with Crippen LogP contribution in [0.3, 0.4) is 0 Å². The van der Waals surface area contributed by atoms with Gasteiger partial charge in [0.1, 0.15) is 11.4 Å². The van der Waals surface area contributed by atoms with Gasteiger partial charge < -0.3 is 10.1 Å². The SMILES string of the molecule is O=c1[nH]cc(N=Cc2cc(Cl)cc(Cl)c2O)c(=O)[nH]1.[K+]. The first-order valence-corrected chi connectivity index (χ1v) is 5.77. The minimum absolute atomic E-state index is 0. The summed E-state index contributed by atoms with van der Waals surface area (Å²) in [6.45, 7) is 0. The molecule has 0 atom stereocenters. The van der Waals surface area contributed by atoms with Crippen molar-refractivity contribution in [1.29, 1.82) is 0 Å². The average Bonchev–Trinajstić information content (AvgIpc) is 2.33. The standard InChI is InChI=1S/C11H7Cl2N3O3.K/c12-6-1-5(9(17)7(13)2-6)3-14-8-4-15-11(19)16-10(8)18;/h1-4,17H,(H2,15,16,18,19);/q;+1. The Hall–Kier alpha value is -0.414. The number of aromatic amines is 2. The number of aromatic nitrogens is 2. The number of benzene rings is 1. The molecule has 1 aromatic heterocycles. The van der Waals surface area contributed by atoms with Gasteiger partial charge in [0.25, 0.3) is 5.56 Å². The topological polar surface area (TPSA) is 98.3 Å². The summed E-state index contributed by atoms with van der Waals surface area (Å²) in [6.07, 6.45) is 2.37. The number of nitrogens with one attached hydrogen (secondary N) is 2. The van der Waals surface area contributed by atoms with Gasteiger partial charge in [-0.2, -0.15) is 0 Å². The second-order valence-electron chi connectivity index (χ2n) is 3.54. The van der Waals surface area contributed by atoms with Gasteiger partial charge in [0, 0.05) is 23.0 Å². The summed E-state index contributed by atoms with van der Waals surface area (Å²) < 4.78 is 0. The average molecular weight is 339 g/mol. The molecule has 0 aliphatic rings. The molecule has 20 heavy (non-hydrogen) atoms. The van der Waals surface area contributed by atoms with Gasteiger partial charge in [-0.05, 0) is 12.1 Å². The number of H-pyrrole nitrogens is 2. The van der Waals surface area contributed by atoms with Crippen LogP contribution in [-0.2, 0) is 0 Å². The van der Waals surface area contributed by atoms with E-state index in [1.807, 2.05) is 4.98 Å². The van der Waals surface area contributed by atoms with Crippen molar-refractivity contribution in [3.63, 3.8) is 0 Å². The van der Waals surface area contributed by atoms with E-state index in [9.17, 15) is 14.7 Å². The Kier molecular flexibility index (Phi) is 6.66. The van der Waals surface area contributed by atoms with Crippen molar-refractivity contribution in [2.45, 2.75) is 0 Å². The molecule has 0 fully saturated rings. The Morgan fingerprint density at radius 3 is 2.60 bits per heavy atom. The second kappa shape index (κ2) is 7.55. The monoisotopic (exact) mass is 338 g/mol. The van der Waals surface area contributed by atoms with Crippen LogP contribution >= 0.6 is 23.2 Å². The fourth-order valence-electron chi connectivity index (χ4n) is 1.32. The van der Waals surface area contributed by atoms with Gasteiger partial charge in [0.15, 0.2) is 0 Å². The number of phenols is 1. The minimum atomic E-state index is -0.646. The Morgan fingerprint density at radius 1 is 1.25 bits per heavy atom. The fourth-order valence-corrected chi connectivity index (χ4v) is 1.83. The van der Waals surface area contributed by atoms with E-state index in [-0.39, 0.29) is 73.4 Å². The van der Waals surface area contributed by atoms with Crippen molar-refractivity contribution < 1.29 is 56.5 Å². The van der Waals surface area contributed by atoms with Gasteiger partial charge in [0.2, 0.25) is 0 Å². The second-order valence-corrected chi connectivity index (χ2v) is 4.38. The summed E-state index contributed by atoms with van der Waals surface area (Å²) in [5, 5.41) is 10.1. The van der Waals surface area contributed by atoms with E-state index in [1.54, 1.807) is 0 Å². The number of aliphatic imine (C=N–C) groups is 1. The van der Waals surface area contributed by atoms with Crippen molar-refractivity contribution >= 4 is 35.1 Å². The molecule has 0 aliphatic heterocycles. The van der Waals surface area contributed by atoms with Crippen LogP contribution in [0.15, 0.2) is 32.9 Å². The molecule has 0 spiro atoms. The molecule has 6 nitrogen and oxygen atoms in total. The van der Waals surface area contributed by atoms with E-state index in [1.165, 1.54) is 18.3 Å². The third-order valence-electron chi connectivity index (χ3n) is 2.20. The minimum Gasteiger partial charge on any atom is -0.506 e. The van der Waals surface area contributed by atoms with E-state index in [2.05, 4.69) is 9.98 Å². The van der Waals surface area contributed by atoms with Gasteiger partial charge in [0.05, 0.1) is 5.02 Å². The summed E-state index contributed by atoms with van der Waals surface area (Å²) >= 11 is 11.5. The normalized spacial score (nSPS) is 10.5. The van der Waals surface area contributed by atoms with Crippen molar-refractivity contribution in [2.24, 2.45) is 4.99 Å². The molecule has 2 aromatic rings. The first-order valence-electron chi connectivity index (χ1n) is 5.01. The molecule has 98 valence electrons. The van der Waals surface area contributed by atoms with Gasteiger partial charge >= 0.3 is 57.1 Å². The molecule has 0 radical (unpaired) electrons. The maximum atomic E-state index is 11.4. The van der Waals surface area contributed by atoms with Crippen LogP contribution in [0.5, 0.6) is 5.75 Å². The number of aromatic hydroxyl groups is 1. The molecule has 1 heterocycles. The predicted octanol–water partition coefficient (Wildman–Crippen LogP) is -1.17. The van der Waals surface area contributed by atoms with E-state index >= 15 is 0 Å². The molecule has 0 aliphatic carbocycles. The van der Waals surface area contributed by atoms with Crippen LogP contribution in [-0.4, -0.2) is 21.3 Å². The molecule has 0 saturated heterocycles. The van der Waals surface area contributed by atoms with Crippen molar-refractivity contribution in [1.82, 2.24) is 9.97 Å². The number of rotatable bonds is 2. The molecule has 0 unspecified atom stereocenters. The molecule has 2 rings (SSSR count). The van der Waals surface area contributed by atoms with Crippen molar-refractivity contribution in [3.05, 3.63) is 54.8 Å². The fraction of sp³-hybridized carbons (Fsp3) is 0. The summed E-state index contributed by atoms with van der Waals surface area (Å²) in [5.74, 6) is -0.198. The van der Waals surface area contributed by atoms with E-state index in [0.29, 0.717) is 5.02 Å². The predicted molar refractivity (Wildman–Crippen MR) is 73.1 cm³/mol. The zero-order valence-corrected chi connectivity index (χ0v) is 14.9. The van der Waals surface area contributed by atoms with Crippen LogP contribution in [0.2, 0.25) is 10.0 Å². The third kappa shape index (κ3) is 4.29. The Morgan fingerprint density at radius 2 is 1.95 bits per heavy atom. The first kappa shape index (κ1) is 17.6. The van der Waals surface area contributed by atoms with Crippen LogP contribution in [0.4, 0.5) is 5.69 Å². The van der Waals surface area contributed by atoms with E-state index in [4.69, 9.17) is 23.2 Å². The number of phenolic OH excluding ortho intramolecular Hbond substituents is 1. The molecule has 0 bridgehead atoms. The number of nitrogens with zero attached hydrogens (tertiary/aromatic N) is 1. The molecular weight excluding hydrogens is 332 g/mol. The zero-order chi connectivity index (χ0) is 14.0. The van der Waals surface area contributed by atoms with Gasteiger partial charge in [-0.15, -0.1) is 0 Å². The van der Waals surface area contributed by atoms with E-state index < -0.39 is 11.2 Å². The smallest absolute Gasteiger partial charge is 0.506 e. The molecule has 1 aromatic carbocycles. The molecule has 9 heteroatoms. The van der Waals surface area contributed by atoms with Gasteiger partial charge in [-0.1, -0.05) is 23.2 Å². The van der Waals surface area contributed by atoms with Gasteiger partial charge in [-0.25, -0.2) is 9.79 Å². The van der Waals surface area contributed by atoms with Crippen LogP contribution in [0.25, 0.3) is 0 Å². The first-order chi connectivity index (χ1) is 8.97. The van der Waals surface area contributed by atoms with Crippen LogP contribution in [0, 0.1) is 0 Å². The number of halogens is 2.